The lowest BCUT2D eigenvalue weighted by molar-refractivity contribution is -0.123. The molecule has 1 aliphatic carbocycles. The molecule has 0 heterocycles. The Hall–Kier alpha value is -3.11. The van der Waals surface area contributed by atoms with Gasteiger partial charge in [-0.25, -0.2) is 19.3 Å². The lowest BCUT2D eigenvalue weighted by Crippen LogP contribution is -2.41. The molecule has 1 fully saturated rings. The van der Waals surface area contributed by atoms with Crippen LogP contribution < -0.4 is 21.3 Å². The minimum Gasteiger partial charge on any atom is -0.409 e. The fourth-order valence-corrected chi connectivity index (χ4v) is 3.65. The molecule has 2 aromatic rings. The van der Waals surface area contributed by atoms with Crippen molar-refractivity contribution in [1.82, 2.24) is 0 Å². The van der Waals surface area contributed by atoms with Crippen LogP contribution in [0.2, 0.25) is 0 Å². The lowest BCUT2D eigenvalue weighted by atomic mass is 10.1. The number of carbonyl (C=O) groups excluding carboxylic acids is 1. The molecule has 0 aliphatic heterocycles. The molecule has 3 rings (SSSR count). The molecule has 0 saturated heterocycles. The summed E-state index contributed by atoms with van der Waals surface area (Å²) < 4.78 is 27.7. The van der Waals surface area contributed by atoms with Crippen molar-refractivity contribution in [3.8, 4) is 0 Å². The van der Waals surface area contributed by atoms with Crippen LogP contribution in [0.1, 0.15) is 25.3 Å². The first-order valence-corrected chi connectivity index (χ1v) is 9.95. The second-order valence-corrected chi connectivity index (χ2v) is 8.58. The summed E-state index contributed by atoms with van der Waals surface area (Å²) in [5.74, 6) is 5.60. The van der Waals surface area contributed by atoms with Crippen molar-refractivity contribution in [3.63, 3.8) is 0 Å². The highest BCUT2D eigenvalue weighted by Gasteiger charge is 2.47. The van der Waals surface area contributed by atoms with Gasteiger partial charge in [0.25, 0.3) is 10.0 Å². The van der Waals surface area contributed by atoms with Crippen LogP contribution in [0.15, 0.2) is 58.6 Å². The van der Waals surface area contributed by atoms with Gasteiger partial charge in [0, 0.05) is 11.0 Å². The van der Waals surface area contributed by atoms with Gasteiger partial charge in [0.15, 0.2) is 5.84 Å². The Bertz CT molecular complexity index is 1030. The Morgan fingerprint density at radius 1 is 1.21 bits per heavy atom. The molecule has 0 aromatic heterocycles. The molecule has 1 aliphatic rings. The molecular formula is C18H21N5O4S. The Balaban J connectivity index is 1.80. The molecule has 0 atom stereocenters. The SMILES string of the molecule is CC1(C(=O)N(N)c2cccc(NS(=O)(=O)c3ccc(/C(N)=N/O)cc3)c2)CC1. The number of nitrogens with two attached hydrogens (primary N) is 2. The molecule has 0 unspecified atom stereocenters. The predicted molar refractivity (Wildman–Crippen MR) is 105 cm³/mol. The fourth-order valence-electron chi connectivity index (χ4n) is 2.61. The largest absolute Gasteiger partial charge is 0.409 e. The summed E-state index contributed by atoms with van der Waals surface area (Å²) >= 11 is 0. The summed E-state index contributed by atoms with van der Waals surface area (Å²) in [7, 11) is -3.88. The zero-order valence-corrected chi connectivity index (χ0v) is 16.0. The first kappa shape index (κ1) is 19.6. The first-order valence-electron chi connectivity index (χ1n) is 8.46. The van der Waals surface area contributed by atoms with E-state index in [0.29, 0.717) is 11.3 Å². The first-order chi connectivity index (χ1) is 13.2. The highest BCUT2D eigenvalue weighted by atomic mass is 32.2. The summed E-state index contributed by atoms with van der Waals surface area (Å²) in [6.45, 7) is 1.85. The second-order valence-electron chi connectivity index (χ2n) is 6.90. The summed E-state index contributed by atoms with van der Waals surface area (Å²) in [6.07, 6.45) is 1.57. The quantitative estimate of drug-likeness (QED) is 0.144. The molecule has 0 spiro atoms. The third-order valence-corrected chi connectivity index (χ3v) is 6.08. The van der Waals surface area contributed by atoms with E-state index in [4.69, 9.17) is 16.8 Å². The van der Waals surface area contributed by atoms with E-state index in [1.54, 1.807) is 18.2 Å². The Kier molecular flexibility index (Phi) is 5.01. The van der Waals surface area contributed by atoms with Crippen molar-refractivity contribution in [3.05, 3.63) is 54.1 Å². The van der Waals surface area contributed by atoms with Crippen molar-refractivity contribution in [2.24, 2.45) is 22.1 Å². The van der Waals surface area contributed by atoms with Gasteiger partial charge in [-0.05, 0) is 55.3 Å². The third-order valence-electron chi connectivity index (χ3n) is 4.68. The van der Waals surface area contributed by atoms with Gasteiger partial charge in [-0.1, -0.05) is 18.1 Å². The number of oxime groups is 1. The molecular weight excluding hydrogens is 382 g/mol. The number of nitrogens with zero attached hydrogens (tertiary/aromatic N) is 2. The minimum atomic E-state index is -3.88. The van der Waals surface area contributed by atoms with Crippen molar-refractivity contribution in [2.45, 2.75) is 24.7 Å². The lowest BCUT2D eigenvalue weighted by Gasteiger charge is -2.21. The summed E-state index contributed by atoms with van der Waals surface area (Å²) in [4.78, 5) is 12.4. The number of amides is 1. The van der Waals surface area contributed by atoms with E-state index in [-0.39, 0.29) is 22.3 Å². The fraction of sp³-hybridized carbons (Fsp3) is 0.222. The number of amidine groups is 1. The zero-order valence-electron chi connectivity index (χ0n) is 15.2. The monoisotopic (exact) mass is 403 g/mol. The average molecular weight is 403 g/mol. The summed E-state index contributed by atoms with van der Waals surface area (Å²) in [5.41, 5.74) is 6.07. The average Bonchev–Trinajstić information content (AvgIpc) is 3.44. The van der Waals surface area contributed by atoms with E-state index < -0.39 is 15.4 Å². The van der Waals surface area contributed by atoms with E-state index >= 15 is 0 Å². The van der Waals surface area contributed by atoms with Crippen LogP contribution in [-0.2, 0) is 14.8 Å². The van der Waals surface area contributed by atoms with Crippen LogP contribution >= 0.6 is 0 Å². The van der Waals surface area contributed by atoms with Gasteiger partial charge < -0.3 is 10.9 Å². The minimum absolute atomic E-state index is 0.00133. The predicted octanol–water partition coefficient (Wildman–Crippen LogP) is 1.59. The van der Waals surface area contributed by atoms with E-state index in [1.807, 2.05) is 6.92 Å². The van der Waals surface area contributed by atoms with Gasteiger partial charge in [0.1, 0.15) is 0 Å². The third kappa shape index (κ3) is 3.92. The van der Waals surface area contributed by atoms with Crippen LogP contribution in [0.4, 0.5) is 11.4 Å². The number of hydrazine groups is 1. The number of carbonyl (C=O) groups is 1. The van der Waals surface area contributed by atoms with Gasteiger partial charge in [0.2, 0.25) is 5.91 Å². The molecule has 9 nitrogen and oxygen atoms in total. The Morgan fingerprint density at radius 3 is 2.43 bits per heavy atom. The molecule has 6 N–H and O–H groups in total. The molecule has 1 saturated carbocycles. The molecule has 2 aromatic carbocycles. The van der Waals surface area contributed by atoms with Crippen LogP contribution in [0.5, 0.6) is 0 Å². The standard InChI is InChI=1S/C18H21N5O4S/c1-18(9-10-18)17(24)23(20)14-4-2-3-13(11-14)22-28(26,27)15-7-5-12(6-8-15)16(19)21-25/h2-8,11,22,25H,9-10,20H2,1H3,(H2,19,21). The van der Waals surface area contributed by atoms with Gasteiger partial charge in [-0.15, -0.1) is 0 Å². The van der Waals surface area contributed by atoms with Crippen molar-refractivity contribution in [1.29, 1.82) is 0 Å². The number of hydrogen-bond donors (Lipinski definition) is 4. The zero-order chi connectivity index (χ0) is 20.5. The Labute approximate surface area is 162 Å². The van der Waals surface area contributed by atoms with Crippen molar-refractivity contribution in [2.75, 3.05) is 9.73 Å². The molecule has 1 amide bonds. The van der Waals surface area contributed by atoms with E-state index in [1.165, 1.54) is 30.3 Å². The van der Waals surface area contributed by atoms with E-state index in [2.05, 4.69) is 9.88 Å². The smallest absolute Gasteiger partial charge is 0.261 e. The van der Waals surface area contributed by atoms with Gasteiger partial charge in [-0.2, -0.15) is 0 Å². The van der Waals surface area contributed by atoms with Crippen LogP contribution in [-0.4, -0.2) is 25.4 Å². The van der Waals surface area contributed by atoms with Crippen LogP contribution in [0.25, 0.3) is 0 Å². The number of hydrogen-bond acceptors (Lipinski definition) is 6. The molecule has 0 radical (unpaired) electrons. The number of anilines is 2. The topological polar surface area (TPSA) is 151 Å². The highest BCUT2D eigenvalue weighted by molar-refractivity contribution is 7.92. The van der Waals surface area contributed by atoms with Crippen molar-refractivity contribution < 1.29 is 18.4 Å². The molecule has 148 valence electrons. The Morgan fingerprint density at radius 2 is 1.86 bits per heavy atom. The summed E-state index contributed by atoms with van der Waals surface area (Å²) in [5, 5.41) is 12.6. The highest BCUT2D eigenvalue weighted by Crippen LogP contribution is 2.46. The normalized spacial score (nSPS) is 15.7. The number of nitrogens with one attached hydrogen (secondary N) is 1. The van der Waals surface area contributed by atoms with Crippen LogP contribution in [0.3, 0.4) is 0 Å². The number of benzene rings is 2. The maximum absolute atomic E-state index is 12.6. The second kappa shape index (κ2) is 7.13. The van der Waals surface area contributed by atoms with E-state index in [0.717, 1.165) is 17.9 Å². The summed E-state index contributed by atoms with van der Waals surface area (Å²) in [6, 6.07) is 11.8. The molecule has 0 bridgehead atoms. The van der Waals surface area contributed by atoms with Gasteiger partial charge in [-0.3, -0.25) is 9.52 Å². The van der Waals surface area contributed by atoms with Gasteiger partial charge >= 0.3 is 0 Å². The van der Waals surface area contributed by atoms with Gasteiger partial charge in [0.05, 0.1) is 16.3 Å². The molecule has 10 heteroatoms. The van der Waals surface area contributed by atoms with Crippen LogP contribution in [0, 0.1) is 5.41 Å². The molecule has 28 heavy (non-hydrogen) atoms. The van der Waals surface area contributed by atoms with E-state index in [9.17, 15) is 13.2 Å². The van der Waals surface area contributed by atoms with Crippen molar-refractivity contribution >= 4 is 33.1 Å². The number of rotatable bonds is 6. The maximum atomic E-state index is 12.6. The maximum Gasteiger partial charge on any atom is 0.261 e. The number of sulfonamides is 1.